The minimum Gasteiger partial charge on any atom is -0.488 e. The predicted octanol–water partition coefficient (Wildman–Crippen LogP) is 4.31. The summed E-state index contributed by atoms with van der Waals surface area (Å²) in [5, 5.41) is 9.20. The molecule has 0 aromatic heterocycles. The fraction of sp³-hybridized carbons (Fsp3) is 0.167. The summed E-state index contributed by atoms with van der Waals surface area (Å²) < 4.78 is 5.85. The van der Waals surface area contributed by atoms with Crippen LogP contribution in [-0.2, 0) is 6.61 Å². The van der Waals surface area contributed by atoms with E-state index >= 15 is 0 Å². The van der Waals surface area contributed by atoms with Crippen LogP contribution in [0, 0.1) is 6.92 Å². The van der Waals surface area contributed by atoms with E-state index in [4.69, 9.17) is 4.74 Å². The van der Waals surface area contributed by atoms with Gasteiger partial charge in [0.25, 0.3) is 0 Å². The zero-order valence-electron chi connectivity index (χ0n) is 12.2. The van der Waals surface area contributed by atoms with Gasteiger partial charge in [0.2, 0.25) is 0 Å². The van der Waals surface area contributed by atoms with Crippen LogP contribution in [0.3, 0.4) is 0 Å². The van der Waals surface area contributed by atoms with Crippen LogP contribution in [0.2, 0.25) is 0 Å². The smallest absolute Gasteiger partial charge is 0.335 e. The molecule has 0 fully saturated rings. The first-order valence-corrected chi connectivity index (χ1v) is 6.69. The van der Waals surface area contributed by atoms with Crippen LogP contribution >= 0.6 is 0 Å². The highest BCUT2D eigenvalue weighted by Gasteiger charge is 2.14. The minimum atomic E-state index is -0.940. The van der Waals surface area contributed by atoms with Gasteiger partial charge in [-0.2, -0.15) is 0 Å². The van der Waals surface area contributed by atoms with E-state index in [1.165, 1.54) is 0 Å². The monoisotopic (exact) mass is 282 g/mol. The van der Waals surface area contributed by atoms with Crippen molar-refractivity contribution in [2.45, 2.75) is 20.5 Å². The van der Waals surface area contributed by atoms with Crippen molar-refractivity contribution in [2.75, 3.05) is 0 Å². The number of carboxylic acids is 1. The minimum absolute atomic E-state index is 0.278. The van der Waals surface area contributed by atoms with Crippen molar-refractivity contribution in [1.82, 2.24) is 0 Å². The molecular formula is C18H18O3. The van der Waals surface area contributed by atoms with Gasteiger partial charge in [0.15, 0.2) is 0 Å². The fourth-order valence-electron chi connectivity index (χ4n) is 2.10. The molecule has 0 heterocycles. The Hall–Kier alpha value is -2.55. The number of hydrogen-bond donors (Lipinski definition) is 1. The molecule has 0 aliphatic heterocycles. The van der Waals surface area contributed by atoms with Crippen LogP contribution in [0.4, 0.5) is 0 Å². The van der Waals surface area contributed by atoms with Gasteiger partial charge in [0, 0.05) is 5.56 Å². The molecular weight excluding hydrogens is 264 g/mol. The first-order chi connectivity index (χ1) is 9.99. The molecule has 21 heavy (non-hydrogen) atoms. The summed E-state index contributed by atoms with van der Waals surface area (Å²) in [6, 6.07) is 13.2. The summed E-state index contributed by atoms with van der Waals surface area (Å²) in [5.41, 5.74) is 3.52. The molecule has 2 rings (SSSR count). The number of benzene rings is 2. The first kappa shape index (κ1) is 14.9. The Balaban J connectivity index is 2.32. The maximum absolute atomic E-state index is 11.2. The summed E-state index contributed by atoms with van der Waals surface area (Å²) in [6.45, 7) is 7.94. The summed E-state index contributed by atoms with van der Waals surface area (Å²) >= 11 is 0. The lowest BCUT2D eigenvalue weighted by molar-refractivity contribution is 0.0696. The zero-order valence-corrected chi connectivity index (χ0v) is 12.2. The molecule has 0 atom stereocenters. The topological polar surface area (TPSA) is 46.5 Å². The molecule has 3 nitrogen and oxygen atoms in total. The summed E-state index contributed by atoms with van der Waals surface area (Å²) in [4.78, 5) is 11.2. The number of carbonyl (C=O) groups is 1. The molecule has 2 aromatic rings. The number of allylic oxidation sites excluding steroid dienone is 1. The molecule has 108 valence electrons. The predicted molar refractivity (Wildman–Crippen MR) is 83.6 cm³/mol. The molecule has 0 amide bonds. The van der Waals surface area contributed by atoms with Gasteiger partial charge in [0.1, 0.15) is 12.4 Å². The molecule has 0 radical (unpaired) electrons. The van der Waals surface area contributed by atoms with E-state index in [1.54, 1.807) is 19.1 Å². The molecule has 0 unspecified atom stereocenters. The van der Waals surface area contributed by atoms with Crippen LogP contribution in [0.25, 0.3) is 5.57 Å². The second kappa shape index (κ2) is 6.27. The van der Waals surface area contributed by atoms with Crippen molar-refractivity contribution in [3.05, 3.63) is 71.3 Å². The van der Waals surface area contributed by atoms with E-state index in [0.29, 0.717) is 17.9 Å². The number of ether oxygens (including phenoxy) is 1. The highest BCUT2D eigenvalue weighted by Crippen LogP contribution is 2.29. The molecule has 2 aromatic carbocycles. The lowest BCUT2D eigenvalue weighted by Crippen LogP contribution is -2.04. The lowest BCUT2D eigenvalue weighted by Gasteiger charge is -2.14. The van der Waals surface area contributed by atoms with Gasteiger partial charge in [0.05, 0.1) is 5.56 Å². The van der Waals surface area contributed by atoms with Crippen molar-refractivity contribution < 1.29 is 14.6 Å². The van der Waals surface area contributed by atoms with Gasteiger partial charge < -0.3 is 9.84 Å². The first-order valence-electron chi connectivity index (χ1n) is 6.69. The SMILES string of the molecule is C=C(C)c1cc(C(=O)O)c(C)cc1OCc1ccccc1. The van der Waals surface area contributed by atoms with Gasteiger partial charge in [-0.25, -0.2) is 4.79 Å². The standard InChI is InChI=1S/C18H18O3/c1-12(2)15-10-16(18(19)20)13(3)9-17(15)21-11-14-7-5-4-6-8-14/h4-10H,1,11H2,2-3H3,(H,19,20). The van der Waals surface area contributed by atoms with E-state index in [2.05, 4.69) is 6.58 Å². The van der Waals surface area contributed by atoms with Crippen molar-refractivity contribution in [3.63, 3.8) is 0 Å². The summed E-state index contributed by atoms with van der Waals surface area (Å²) in [6.07, 6.45) is 0. The molecule has 0 spiro atoms. The van der Waals surface area contributed by atoms with Crippen molar-refractivity contribution in [3.8, 4) is 5.75 Å². The van der Waals surface area contributed by atoms with E-state index in [1.807, 2.05) is 37.3 Å². The number of aromatic carboxylic acids is 1. The van der Waals surface area contributed by atoms with E-state index < -0.39 is 5.97 Å². The maximum atomic E-state index is 11.2. The summed E-state index contributed by atoms with van der Waals surface area (Å²) in [5.74, 6) is -0.279. The van der Waals surface area contributed by atoms with Gasteiger partial charge >= 0.3 is 5.97 Å². The third-order valence-electron chi connectivity index (χ3n) is 3.25. The average molecular weight is 282 g/mol. The Labute approximate surface area is 124 Å². The molecule has 3 heteroatoms. The third-order valence-corrected chi connectivity index (χ3v) is 3.25. The largest absolute Gasteiger partial charge is 0.488 e. The van der Waals surface area contributed by atoms with Gasteiger partial charge in [-0.1, -0.05) is 36.9 Å². The summed E-state index contributed by atoms with van der Waals surface area (Å²) in [7, 11) is 0. The molecule has 0 saturated heterocycles. The quantitative estimate of drug-likeness (QED) is 0.889. The molecule has 1 N–H and O–H groups in total. The second-order valence-corrected chi connectivity index (χ2v) is 5.02. The van der Waals surface area contributed by atoms with E-state index in [-0.39, 0.29) is 5.56 Å². The second-order valence-electron chi connectivity index (χ2n) is 5.02. The molecule has 0 saturated carbocycles. The molecule has 0 bridgehead atoms. The highest BCUT2D eigenvalue weighted by atomic mass is 16.5. The number of rotatable bonds is 5. The lowest BCUT2D eigenvalue weighted by atomic mass is 10.00. The Morgan fingerprint density at radius 3 is 2.43 bits per heavy atom. The number of carboxylic acid groups (broad SMARTS) is 1. The fourth-order valence-corrected chi connectivity index (χ4v) is 2.10. The Kier molecular flexibility index (Phi) is 4.43. The Bertz CT molecular complexity index is 672. The number of hydrogen-bond acceptors (Lipinski definition) is 2. The van der Waals surface area contributed by atoms with Gasteiger partial charge in [-0.3, -0.25) is 0 Å². The Morgan fingerprint density at radius 2 is 1.86 bits per heavy atom. The third kappa shape index (κ3) is 3.51. The molecule has 0 aliphatic carbocycles. The van der Waals surface area contributed by atoms with Crippen LogP contribution in [0.5, 0.6) is 5.75 Å². The van der Waals surface area contributed by atoms with Crippen LogP contribution < -0.4 is 4.74 Å². The Morgan fingerprint density at radius 1 is 1.19 bits per heavy atom. The normalized spacial score (nSPS) is 10.2. The van der Waals surface area contributed by atoms with E-state index in [0.717, 1.165) is 16.7 Å². The van der Waals surface area contributed by atoms with Crippen molar-refractivity contribution in [2.24, 2.45) is 0 Å². The van der Waals surface area contributed by atoms with E-state index in [9.17, 15) is 9.90 Å². The van der Waals surface area contributed by atoms with Crippen molar-refractivity contribution in [1.29, 1.82) is 0 Å². The van der Waals surface area contributed by atoms with Gasteiger partial charge in [-0.15, -0.1) is 0 Å². The zero-order chi connectivity index (χ0) is 15.4. The van der Waals surface area contributed by atoms with Crippen LogP contribution in [0.1, 0.15) is 34.0 Å². The average Bonchev–Trinajstić information content (AvgIpc) is 2.45. The van der Waals surface area contributed by atoms with Crippen LogP contribution in [-0.4, -0.2) is 11.1 Å². The van der Waals surface area contributed by atoms with Crippen LogP contribution in [0.15, 0.2) is 49.0 Å². The van der Waals surface area contributed by atoms with Crippen molar-refractivity contribution >= 4 is 11.5 Å². The highest BCUT2D eigenvalue weighted by molar-refractivity contribution is 5.91. The maximum Gasteiger partial charge on any atom is 0.335 e. The van der Waals surface area contributed by atoms with Gasteiger partial charge in [-0.05, 0) is 42.7 Å². The molecule has 0 aliphatic rings. The number of aryl methyl sites for hydroxylation is 1.